The van der Waals surface area contributed by atoms with E-state index >= 15 is 0 Å². The molecule has 22 heavy (non-hydrogen) atoms. The quantitative estimate of drug-likeness (QED) is 0.814. The van der Waals surface area contributed by atoms with Crippen LogP contribution in [0.5, 0.6) is 0 Å². The molecule has 0 bridgehead atoms. The first-order valence-electron chi connectivity index (χ1n) is 6.41. The normalized spacial score (nSPS) is 9.68. The average molecular weight is 295 g/mol. The van der Waals surface area contributed by atoms with Crippen LogP contribution in [-0.4, -0.2) is 26.2 Å². The molecule has 0 aliphatic rings. The number of benzene rings is 2. The molecule has 0 fully saturated rings. The maximum absolute atomic E-state index is 11.7. The SMILES string of the molecule is COC(=O)c1cc(C(=O)OC)cc(-c2ccc(C#N)cc2)c1. The Bertz CT molecular complexity index is 723. The van der Waals surface area contributed by atoms with Crippen molar-refractivity contribution in [1.29, 1.82) is 5.26 Å². The molecule has 110 valence electrons. The van der Waals surface area contributed by atoms with E-state index in [4.69, 9.17) is 14.7 Å². The van der Waals surface area contributed by atoms with Crippen LogP contribution in [0.25, 0.3) is 11.1 Å². The minimum Gasteiger partial charge on any atom is -0.465 e. The molecule has 0 saturated carbocycles. The number of rotatable bonds is 3. The van der Waals surface area contributed by atoms with Crippen LogP contribution in [0.3, 0.4) is 0 Å². The Labute approximate surface area is 127 Å². The molecular weight excluding hydrogens is 282 g/mol. The molecule has 5 nitrogen and oxygen atoms in total. The smallest absolute Gasteiger partial charge is 0.337 e. The molecule has 0 radical (unpaired) electrons. The molecule has 0 N–H and O–H groups in total. The minimum atomic E-state index is -0.541. The highest BCUT2D eigenvalue weighted by atomic mass is 16.5. The molecule has 5 heteroatoms. The number of carbonyl (C=O) groups is 2. The number of carbonyl (C=O) groups excluding carboxylic acids is 2. The summed E-state index contributed by atoms with van der Waals surface area (Å²) in [5.74, 6) is -1.08. The first-order valence-corrected chi connectivity index (χ1v) is 6.41. The van der Waals surface area contributed by atoms with Crippen LogP contribution >= 0.6 is 0 Å². The standard InChI is InChI=1S/C17H13NO4/c1-21-16(19)14-7-13(8-15(9-14)17(20)22-2)12-5-3-11(10-18)4-6-12/h3-9H,1-2H3. The van der Waals surface area contributed by atoms with E-state index in [1.165, 1.54) is 20.3 Å². The third-order valence-electron chi connectivity index (χ3n) is 3.12. The predicted octanol–water partition coefficient (Wildman–Crippen LogP) is 2.80. The van der Waals surface area contributed by atoms with Gasteiger partial charge in [-0.1, -0.05) is 12.1 Å². The highest BCUT2D eigenvalue weighted by Gasteiger charge is 2.14. The van der Waals surface area contributed by atoms with Gasteiger partial charge in [-0.2, -0.15) is 5.26 Å². The zero-order chi connectivity index (χ0) is 16.1. The van der Waals surface area contributed by atoms with Crippen LogP contribution in [-0.2, 0) is 9.47 Å². The Morgan fingerprint density at radius 2 is 1.36 bits per heavy atom. The Morgan fingerprint density at radius 1 is 0.864 bits per heavy atom. The zero-order valence-corrected chi connectivity index (χ0v) is 12.1. The molecule has 0 spiro atoms. The van der Waals surface area contributed by atoms with Crippen molar-refractivity contribution < 1.29 is 19.1 Å². The van der Waals surface area contributed by atoms with Crippen molar-refractivity contribution >= 4 is 11.9 Å². The maximum Gasteiger partial charge on any atom is 0.337 e. The van der Waals surface area contributed by atoms with Gasteiger partial charge in [-0.25, -0.2) is 9.59 Å². The van der Waals surface area contributed by atoms with E-state index in [2.05, 4.69) is 0 Å². The first-order chi connectivity index (χ1) is 10.6. The maximum atomic E-state index is 11.7. The summed E-state index contributed by atoms with van der Waals surface area (Å²) in [7, 11) is 2.54. The highest BCUT2D eigenvalue weighted by Crippen LogP contribution is 2.24. The topological polar surface area (TPSA) is 76.4 Å². The number of ether oxygens (including phenoxy) is 2. The average Bonchev–Trinajstić information content (AvgIpc) is 2.59. The lowest BCUT2D eigenvalue weighted by atomic mass is 9.99. The molecule has 0 aliphatic carbocycles. The molecular formula is C17H13NO4. The monoisotopic (exact) mass is 295 g/mol. The Morgan fingerprint density at radius 3 is 1.77 bits per heavy atom. The number of nitriles is 1. The number of hydrogen-bond acceptors (Lipinski definition) is 5. The second kappa shape index (κ2) is 6.55. The van der Waals surface area contributed by atoms with E-state index in [0.717, 1.165) is 5.56 Å². The van der Waals surface area contributed by atoms with Crippen molar-refractivity contribution in [1.82, 2.24) is 0 Å². The summed E-state index contributed by atoms with van der Waals surface area (Å²) in [6, 6.07) is 13.5. The summed E-state index contributed by atoms with van der Waals surface area (Å²) < 4.78 is 9.40. The molecule has 0 atom stereocenters. The van der Waals surface area contributed by atoms with Crippen molar-refractivity contribution in [2.45, 2.75) is 0 Å². The molecule has 0 aliphatic heterocycles. The minimum absolute atomic E-state index is 0.254. The van der Waals surface area contributed by atoms with Crippen molar-refractivity contribution in [2.24, 2.45) is 0 Å². The lowest BCUT2D eigenvalue weighted by Gasteiger charge is -2.08. The molecule has 2 rings (SSSR count). The predicted molar refractivity (Wildman–Crippen MR) is 79.3 cm³/mol. The van der Waals surface area contributed by atoms with Gasteiger partial charge in [0.2, 0.25) is 0 Å². The summed E-state index contributed by atoms with van der Waals surface area (Å²) in [4.78, 5) is 23.5. The number of methoxy groups -OCH3 is 2. The molecule has 0 aromatic heterocycles. The third kappa shape index (κ3) is 3.13. The van der Waals surface area contributed by atoms with E-state index < -0.39 is 11.9 Å². The molecule has 0 heterocycles. The van der Waals surface area contributed by atoms with Gasteiger partial charge in [-0.05, 0) is 41.5 Å². The zero-order valence-electron chi connectivity index (χ0n) is 12.1. The summed E-state index contributed by atoms with van der Waals surface area (Å²) in [5, 5.41) is 8.82. The largest absolute Gasteiger partial charge is 0.465 e. The Hall–Kier alpha value is -3.13. The number of hydrogen-bond donors (Lipinski definition) is 0. The highest BCUT2D eigenvalue weighted by molar-refractivity contribution is 5.97. The summed E-state index contributed by atoms with van der Waals surface area (Å²) >= 11 is 0. The molecule has 0 amide bonds. The molecule has 2 aromatic rings. The van der Waals surface area contributed by atoms with E-state index in [9.17, 15) is 9.59 Å². The van der Waals surface area contributed by atoms with E-state index in [0.29, 0.717) is 11.1 Å². The van der Waals surface area contributed by atoms with E-state index in [1.54, 1.807) is 36.4 Å². The van der Waals surface area contributed by atoms with Crippen LogP contribution < -0.4 is 0 Å². The fraction of sp³-hybridized carbons (Fsp3) is 0.118. The number of nitrogens with zero attached hydrogens (tertiary/aromatic N) is 1. The van der Waals surface area contributed by atoms with E-state index in [1.807, 2.05) is 6.07 Å². The van der Waals surface area contributed by atoms with Crippen LogP contribution in [0, 0.1) is 11.3 Å². The van der Waals surface area contributed by atoms with Gasteiger partial charge in [0.05, 0.1) is 37.0 Å². The Balaban J connectivity index is 2.55. The van der Waals surface area contributed by atoms with Gasteiger partial charge in [-0.15, -0.1) is 0 Å². The summed E-state index contributed by atoms with van der Waals surface area (Å²) in [5.41, 5.74) is 2.47. The molecule has 0 saturated heterocycles. The van der Waals surface area contributed by atoms with Crippen LogP contribution in [0.4, 0.5) is 0 Å². The lowest BCUT2D eigenvalue weighted by molar-refractivity contribution is 0.0599. The third-order valence-corrected chi connectivity index (χ3v) is 3.12. The number of esters is 2. The van der Waals surface area contributed by atoms with Crippen LogP contribution in [0.15, 0.2) is 42.5 Å². The van der Waals surface area contributed by atoms with Crippen molar-refractivity contribution in [3.8, 4) is 17.2 Å². The summed E-state index contributed by atoms with van der Waals surface area (Å²) in [6.07, 6.45) is 0. The van der Waals surface area contributed by atoms with Gasteiger partial charge >= 0.3 is 11.9 Å². The van der Waals surface area contributed by atoms with Crippen molar-refractivity contribution in [2.75, 3.05) is 14.2 Å². The van der Waals surface area contributed by atoms with Gasteiger partial charge in [-0.3, -0.25) is 0 Å². The van der Waals surface area contributed by atoms with Crippen LogP contribution in [0.2, 0.25) is 0 Å². The van der Waals surface area contributed by atoms with Gasteiger partial charge in [0, 0.05) is 0 Å². The lowest BCUT2D eigenvalue weighted by Crippen LogP contribution is -2.07. The van der Waals surface area contributed by atoms with Crippen LogP contribution in [0.1, 0.15) is 26.3 Å². The second-order valence-electron chi connectivity index (χ2n) is 4.47. The first kappa shape index (κ1) is 15.3. The van der Waals surface area contributed by atoms with Gasteiger partial charge in [0.25, 0.3) is 0 Å². The van der Waals surface area contributed by atoms with Gasteiger partial charge < -0.3 is 9.47 Å². The summed E-state index contributed by atoms with van der Waals surface area (Å²) in [6.45, 7) is 0. The second-order valence-corrected chi connectivity index (χ2v) is 4.47. The van der Waals surface area contributed by atoms with Gasteiger partial charge in [0.1, 0.15) is 0 Å². The molecule has 0 unspecified atom stereocenters. The fourth-order valence-corrected chi connectivity index (χ4v) is 2.00. The van der Waals surface area contributed by atoms with Crippen molar-refractivity contribution in [3.63, 3.8) is 0 Å². The van der Waals surface area contributed by atoms with E-state index in [-0.39, 0.29) is 11.1 Å². The molecule has 2 aromatic carbocycles. The van der Waals surface area contributed by atoms with Gasteiger partial charge in [0.15, 0.2) is 0 Å². The Kier molecular flexibility index (Phi) is 4.54. The fourth-order valence-electron chi connectivity index (χ4n) is 2.00. The van der Waals surface area contributed by atoms with Crippen molar-refractivity contribution in [3.05, 3.63) is 59.2 Å².